The highest BCUT2D eigenvalue weighted by atomic mass is 16.5. The molecule has 2 atom stereocenters. The largest absolute Gasteiger partial charge is 0.382 e. The second-order valence-corrected chi connectivity index (χ2v) is 5.22. The van der Waals surface area contributed by atoms with Gasteiger partial charge in [0.05, 0.1) is 6.61 Å². The number of ether oxygens (including phenoxy) is 1. The predicted octanol–water partition coefficient (Wildman–Crippen LogP) is 4.21. The van der Waals surface area contributed by atoms with Gasteiger partial charge in [-0.05, 0) is 38.2 Å². The van der Waals surface area contributed by atoms with Crippen molar-refractivity contribution in [2.45, 2.75) is 52.2 Å². The van der Waals surface area contributed by atoms with E-state index >= 15 is 0 Å². The third kappa shape index (κ3) is 3.49. The van der Waals surface area contributed by atoms with Gasteiger partial charge in [0.25, 0.3) is 0 Å². The van der Waals surface area contributed by atoms with Crippen molar-refractivity contribution in [3.63, 3.8) is 0 Å². The van der Waals surface area contributed by atoms with E-state index in [-0.39, 0.29) is 0 Å². The Labute approximate surface area is 111 Å². The lowest BCUT2D eigenvalue weighted by Crippen LogP contribution is -2.16. The number of benzene rings is 1. The fraction of sp³-hybridized carbons (Fsp3) is 0.625. The highest BCUT2D eigenvalue weighted by Gasteiger charge is 2.23. The van der Waals surface area contributed by atoms with Gasteiger partial charge in [-0.25, -0.2) is 0 Å². The molecule has 2 heteroatoms. The molecule has 0 radical (unpaired) electrons. The Hall–Kier alpha value is -1.02. The fourth-order valence-electron chi connectivity index (χ4n) is 2.80. The Balaban J connectivity index is 1.96. The first-order chi connectivity index (χ1) is 8.83. The van der Waals surface area contributed by atoms with E-state index in [1.54, 1.807) is 0 Å². The van der Waals surface area contributed by atoms with Gasteiger partial charge in [0.15, 0.2) is 0 Å². The molecule has 2 nitrogen and oxygen atoms in total. The summed E-state index contributed by atoms with van der Waals surface area (Å²) < 4.78 is 5.53. The summed E-state index contributed by atoms with van der Waals surface area (Å²) in [6.45, 7) is 5.83. The van der Waals surface area contributed by atoms with Crippen LogP contribution in [0.1, 0.15) is 45.1 Å². The van der Waals surface area contributed by atoms with Crippen molar-refractivity contribution in [3.8, 4) is 0 Å². The van der Waals surface area contributed by atoms with Crippen LogP contribution in [0.15, 0.2) is 24.3 Å². The Morgan fingerprint density at radius 1 is 1.22 bits per heavy atom. The first-order valence-electron chi connectivity index (χ1n) is 7.25. The Morgan fingerprint density at radius 2 is 2.06 bits per heavy atom. The predicted molar refractivity (Wildman–Crippen MR) is 76.8 cm³/mol. The molecule has 1 aliphatic rings. The Kier molecular flexibility index (Phi) is 5.06. The maximum absolute atomic E-state index is 5.53. The summed E-state index contributed by atoms with van der Waals surface area (Å²) in [7, 11) is 0. The monoisotopic (exact) mass is 247 g/mol. The zero-order chi connectivity index (χ0) is 12.8. The van der Waals surface area contributed by atoms with E-state index < -0.39 is 0 Å². The van der Waals surface area contributed by atoms with Crippen LogP contribution >= 0.6 is 0 Å². The second-order valence-electron chi connectivity index (χ2n) is 5.22. The number of anilines is 1. The van der Waals surface area contributed by atoms with Gasteiger partial charge in [-0.15, -0.1) is 0 Å². The van der Waals surface area contributed by atoms with E-state index in [0.717, 1.165) is 12.5 Å². The minimum Gasteiger partial charge on any atom is -0.382 e. The third-order valence-corrected chi connectivity index (χ3v) is 3.96. The van der Waals surface area contributed by atoms with Gasteiger partial charge in [0.2, 0.25) is 0 Å². The van der Waals surface area contributed by atoms with Crippen LogP contribution < -0.4 is 5.32 Å². The van der Waals surface area contributed by atoms with E-state index in [9.17, 15) is 0 Å². The normalized spacial score (nSPS) is 23.2. The number of rotatable bonds is 6. The molecule has 0 bridgehead atoms. The summed E-state index contributed by atoms with van der Waals surface area (Å²) in [4.78, 5) is 0. The van der Waals surface area contributed by atoms with Crippen LogP contribution in [0.3, 0.4) is 0 Å². The molecule has 18 heavy (non-hydrogen) atoms. The molecule has 1 aliphatic carbocycles. The highest BCUT2D eigenvalue weighted by molar-refractivity contribution is 5.51. The minimum atomic E-state index is 0.651. The van der Waals surface area contributed by atoms with Crippen LogP contribution in [0.2, 0.25) is 0 Å². The minimum absolute atomic E-state index is 0.651. The van der Waals surface area contributed by atoms with Crippen molar-refractivity contribution in [2.75, 3.05) is 11.9 Å². The van der Waals surface area contributed by atoms with E-state index in [4.69, 9.17) is 4.74 Å². The molecule has 0 aromatic heterocycles. The molecule has 1 fully saturated rings. The molecule has 0 aliphatic heterocycles. The van der Waals surface area contributed by atoms with Crippen LogP contribution in [0.25, 0.3) is 0 Å². The number of nitrogens with one attached hydrogen (secondary N) is 1. The lowest BCUT2D eigenvalue weighted by molar-refractivity contribution is 0.134. The van der Waals surface area contributed by atoms with Gasteiger partial charge in [-0.1, -0.05) is 31.5 Å². The molecular formula is C16H25NO. The van der Waals surface area contributed by atoms with Gasteiger partial charge < -0.3 is 10.1 Å². The van der Waals surface area contributed by atoms with E-state index in [1.807, 2.05) is 6.92 Å². The smallest absolute Gasteiger partial charge is 0.0736 e. The lowest BCUT2D eigenvalue weighted by Gasteiger charge is -2.17. The molecule has 1 N–H and O–H groups in total. The van der Waals surface area contributed by atoms with Crippen LogP contribution in [0.5, 0.6) is 0 Å². The quantitative estimate of drug-likeness (QED) is 0.813. The zero-order valence-corrected chi connectivity index (χ0v) is 11.6. The summed E-state index contributed by atoms with van der Waals surface area (Å²) in [5.41, 5.74) is 2.53. The van der Waals surface area contributed by atoms with Crippen LogP contribution in [-0.4, -0.2) is 12.6 Å². The highest BCUT2D eigenvalue weighted by Crippen LogP contribution is 2.31. The summed E-state index contributed by atoms with van der Waals surface area (Å²) in [6, 6.07) is 9.17. The maximum Gasteiger partial charge on any atom is 0.0736 e. The molecule has 1 saturated carbocycles. The lowest BCUT2D eigenvalue weighted by atomic mass is 10.1. The zero-order valence-electron chi connectivity index (χ0n) is 11.6. The van der Waals surface area contributed by atoms with Crippen molar-refractivity contribution in [1.82, 2.24) is 0 Å². The number of hydrogen-bond donors (Lipinski definition) is 1. The van der Waals surface area contributed by atoms with Gasteiger partial charge in [0, 0.05) is 23.9 Å². The summed E-state index contributed by atoms with van der Waals surface area (Å²) in [5, 5.41) is 3.70. The van der Waals surface area contributed by atoms with Gasteiger partial charge in [-0.3, -0.25) is 0 Å². The summed E-state index contributed by atoms with van der Waals surface area (Å²) in [6.07, 6.45) is 5.32. The number of hydrogen-bond acceptors (Lipinski definition) is 2. The van der Waals surface area contributed by atoms with Crippen molar-refractivity contribution in [1.29, 1.82) is 0 Å². The third-order valence-electron chi connectivity index (χ3n) is 3.96. The Bertz CT molecular complexity index is 364. The number of para-hydroxylation sites is 1. The fourth-order valence-corrected chi connectivity index (χ4v) is 2.80. The first-order valence-corrected chi connectivity index (χ1v) is 7.25. The average Bonchev–Trinajstić information content (AvgIpc) is 2.85. The van der Waals surface area contributed by atoms with Crippen molar-refractivity contribution < 1.29 is 4.74 Å². The van der Waals surface area contributed by atoms with E-state index in [2.05, 4.69) is 36.5 Å². The molecule has 1 aromatic carbocycles. The van der Waals surface area contributed by atoms with Crippen molar-refractivity contribution >= 4 is 5.69 Å². The average molecular weight is 247 g/mol. The molecule has 0 heterocycles. The molecule has 0 saturated heterocycles. The topological polar surface area (TPSA) is 21.3 Å². The van der Waals surface area contributed by atoms with Gasteiger partial charge in [-0.2, -0.15) is 0 Å². The molecule has 2 unspecified atom stereocenters. The molecule has 0 amide bonds. The molecule has 2 rings (SSSR count). The van der Waals surface area contributed by atoms with Crippen LogP contribution in [-0.2, 0) is 11.3 Å². The van der Waals surface area contributed by atoms with E-state index in [0.29, 0.717) is 12.6 Å². The SMILES string of the molecule is CCOCc1ccccc1NC1CCC(CC)C1. The first kappa shape index (κ1) is 13.4. The standard InChI is InChI=1S/C16H25NO/c1-3-13-9-10-15(11-13)17-16-8-6-5-7-14(16)12-18-4-2/h5-8,13,15,17H,3-4,9-12H2,1-2H3. The Morgan fingerprint density at radius 3 is 2.78 bits per heavy atom. The molecule has 1 aromatic rings. The molecule has 100 valence electrons. The van der Waals surface area contributed by atoms with E-state index in [1.165, 1.54) is 36.9 Å². The van der Waals surface area contributed by atoms with Crippen LogP contribution in [0, 0.1) is 5.92 Å². The second kappa shape index (κ2) is 6.79. The van der Waals surface area contributed by atoms with Crippen molar-refractivity contribution in [2.24, 2.45) is 5.92 Å². The van der Waals surface area contributed by atoms with Gasteiger partial charge in [0.1, 0.15) is 0 Å². The molecule has 0 spiro atoms. The molecular weight excluding hydrogens is 222 g/mol. The van der Waals surface area contributed by atoms with Gasteiger partial charge >= 0.3 is 0 Å². The summed E-state index contributed by atoms with van der Waals surface area (Å²) >= 11 is 0. The maximum atomic E-state index is 5.53. The van der Waals surface area contributed by atoms with Crippen LogP contribution in [0.4, 0.5) is 5.69 Å². The van der Waals surface area contributed by atoms with Crippen molar-refractivity contribution in [3.05, 3.63) is 29.8 Å². The summed E-state index contributed by atoms with van der Waals surface area (Å²) in [5.74, 6) is 0.918.